The molecule has 4 N–H and O–H groups in total. The first-order valence-corrected chi connectivity index (χ1v) is 12.1. The van der Waals surface area contributed by atoms with Crippen molar-refractivity contribution in [2.75, 3.05) is 12.8 Å². The van der Waals surface area contributed by atoms with E-state index in [-0.39, 0.29) is 18.7 Å². The maximum atomic E-state index is 14.1. The summed E-state index contributed by atoms with van der Waals surface area (Å²) in [4.78, 5) is 25.0. The number of aromatic amines is 1. The Balaban J connectivity index is 1.53. The number of aromatic nitrogens is 3. The molecule has 0 saturated heterocycles. The number of H-pyrrole nitrogens is 1. The molecule has 1 atom stereocenters. The third-order valence-corrected chi connectivity index (χ3v) is 6.31. The Morgan fingerprint density at radius 3 is 2.59 bits per heavy atom. The number of amides is 1. The van der Waals surface area contributed by atoms with Gasteiger partial charge in [-0.2, -0.15) is 0 Å². The highest BCUT2D eigenvalue weighted by atomic mass is 19.1. The zero-order chi connectivity index (χ0) is 27.5. The number of fused-ring (bicyclic) bond motifs is 1. The number of pyridine rings is 2. The number of halogens is 3. The van der Waals surface area contributed by atoms with Gasteiger partial charge in [-0.15, -0.1) is 0 Å². The second kappa shape index (κ2) is 10.9. The van der Waals surface area contributed by atoms with Gasteiger partial charge in [0.1, 0.15) is 23.3 Å². The lowest BCUT2D eigenvalue weighted by atomic mass is 9.95. The minimum atomic E-state index is -0.821. The molecule has 5 aromatic rings. The maximum Gasteiger partial charge on any atom is 0.225 e. The van der Waals surface area contributed by atoms with Gasteiger partial charge in [-0.1, -0.05) is 0 Å². The van der Waals surface area contributed by atoms with Gasteiger partial charge in [0.15, 0.2) is 0 Å². The number of anilines is 1. The Bertz CT molecular complexity index is 1650. The molecular formula is C29H24F3N5O2. The van der Waals surface area contributed by atoms with Gasteiger partial charge in [0.25, 0.3) is 0 Å². The van der Waals surface area contributed by atoms with Crippen molar-refractivity contribution in [3.8, 4) is 17.0 Å². The summed E-state index contributed by atoms with van der Waals surface area (Å²) < 4.78 is 47.2. The second-order valence-electron chi connectivity index (χ2n) is 9.04. The first-order chi connectivity index (χ1) is 18.8. The zero-order valence-corrected chi connectivity index (χ0v) is 20.8. The summed E-state index contributed by atoms with van der Waals surface area (Å²) in [5.74, 6) is -1.73. The highest BCUT2D eigenvalue weighted by molar-refractivity contribution is 5.89. The molecule has 198 valence electrons. The third kappa shape index (κ3) is 5.85. The summed E-state index contributed by atoms with van der Waals surface area (Å²) in [6.45, 7) is 0. The number of nitrogen functional groups attached to an aromatic ring is 1. The molecule has 39 heavy (non-hydrogen) atoms. The lowest BCUT2D eigenvalue weighted by Gasteiger charge is -2.22. The molecule has 0 aliphatic heterocycles. The molecule has 2 aromatic carbocycles. The number of benzene rings is 2. The fourth-order valence-electron chi connectivity index (χ4n) is 4.58. The first kappa shape index (κ1) is 25.8. The minimum Gasteiger partial charge on any atom is -0.481 e. The predicted molar refractivity (Wildman–Crippen MR) is 141 cm³/mol. The zero-order valence-electron chi connectivity index (χ0n) is 20.8. The molecule has 0 saturated carbocycles. The summed E-state index contributed by atoms with van der Waals surface area (Å²) in [7, 11) is 1.49. The number of nitrogens with zero attached hydrogens (tertiary/aromatic N) is 2. The summed E-state index contributed by atoms with van der Waals surface area (Å²) in [5.41, 5.74) is 9.35. The van der Waals surface area contributed by atoms with Crippen molar-refractivity contribution in [2.45, 2.75) is 18.9 Å². The maximum absolute atomic E-state index is 14.1. The molecule has 3 aromatic heterocycles. The molecule has 0 bridgehead atoms. The average molecular weight is 532 g/mol. The van der Waals surface area contributed by atoms with Crippen LogP contribution in [0.3, 0.4) is 0 Å². The van der Waals surface area contributed by atoms with Crippen LogP contribution >= 0.6 is 0 Å². The molecule has 0 aliphatic rings. The number of rotatable bonds is 8. The monoisotopic (exact) mass is 531 g/mol. The second-order valence-corrected chi connectivity index (χ2v) is 9.04. The molecule has 0 radical (unpaired) electrons. The smallest absolute Gasteiger partial charge is 0.225 e. The van der Waals surface area contributed by atoms with E-state index in [1.165, 1.54) is 31.4 Å². The Morgan fingerprint density at radius 2 is 1.82 bits per heavy atom. The molecule has 3 heterocycles. The minimum absolute atomic E-state index is 0.0224. The number of carbonyl (C=O) groups excluding carboxylic acids is 1. The molecule has 1 unspecified atom stereocenters. The van der Waals surface area contributed by atoms with Gasteiger partial charge in [-0.05, 0) is 71.6 Å². The van der Waals surface area contributed by atoms with Gasteiger partial charge in [-0.3, -0.25) is 4.79 Å². The van der Waals surface area contributed by atoms with Crippen LogP contribution in [0, 0.1) is 17.5 Å². The van der Waals surface area contributed by atoms with Crippen LogP contribution in [-0.4, -0.2) is 28.0 Å². The number of methoxy groups -OCH3 is 1. The topological polar surface area (TPSA) is 106 Å². The molecule has 0 fully saturated rings. The van der Waals surface area contributed by atoms with Gasteiger partial charge in [-0.25, -0.2) is 23.1 Å². The van der Waals surface area contributed by atoms with E-state index < -0.39 is 29.4 Å². The van der Waals surface area contributed by atoms with E-state index in [9.17, 15) is 18.0 Å². The largest absolute Gasteiger partial charge is 0.481 e. The highest BCUT2D eigenvalue weighted by Gasteiger charge is 2.23. The van der Waals surface area contributed by atoms with Crippen LogP contribution in [0.2, 0.25) is 0 Å². The van der Waals surface area contributed by atoms with E-state index in [1.54, 1.807) is 42.7 Å². The van der Waals surface area contributed by atoms with Crippen molar-refractivity contribution in [1.29, 1.82) is 0 Å². The molecule has 5 rings (SSSR count). The van der Waals surface area contributed by atoms with Crippen molar-refractivity contribution in [3.63, 3.8) is 0 Å². The predicted octanol–water partition coefficient (Wildman–Crippen LogP) is 5.28. The number of nitrogens with two attached hydrogens (primary N) is 1. The molecule has 0 spiro atoms. The summed E-state index contributed by atoms with van der Waals surface area (Å²) in [6, 6.07) is 13.5. The van der Waals surface area contributed by atoms with Crippen LogP contribution < -0.4 is 15.8 Å². The van der Waals surface area contributed by atoms with E-state index in [4.69, 9.17) is 10.5 Å². The molecule has 7 nitrogen and oxygen atoms in total. The molecular weight excluding hydrogens is 507 g/mol. The van der Waals surface area contributed by atoms with E-state index in [1.807, 2.05) is 0 Å². The van der Waals surface area contributed by atoms with Crippen LogP contribution in [-0.2, 0) is 17.6 Å². The van der Waals surface area contributed by atoms with E-state index >= 15 is 0 Å². The van der Waals surface area contributed by atoms with E-state index in [2.05, 4.69) is 20.3 Å². The van der Waals surface area contributed by atoms with Crippen LogP contribution in [0.25, 0.3) is 22.0 Å². The van der Waals surface area contributed by atoms with Gasteiger partial charge in [0.05, 0.1) is 25.3 Å². The standard InChI is InChI=1S/C29H24F3N5O2/c1-39-28-12-17(6-7-34-28)22-3-5-26(33)37-29(22)25(10-16-8-20(31)13-21(32)9-16)36-27(38)11-18-15-35-24-4-2-19(30)14-23(18)24/h2-9,12-15,25,35H,10-11H2,1H3,(H2,33,37)(H,36,38). The first-order valence-electron chi connectivity index (χ1n) is 12.1. The van der Waals surface area contributed by atoms with Gasteiger partial charge < -0.3 is 20.8 Å². The van der Waals surface area contributed by atoms with Crippen LogP contribution in [0.5, 0.6) is 5.88 Å². The van der Waals surface area contributed by atoms with Gasteiger partial charge in [0, 0.05) is 41.0 Å². The normalized spacial score (nSPS) is 11.9. The van der Waals surface area contributed by atoms with Crippen LogP contribution in [0.15, 0.2) is 73.1 Å². The Morgan fingerprint density at radius 1 is 1.03 bits per heavy atom. The number of hydrogen-bond donors (Lipinski definition) is 3. The number of hydrogen-bond acceptors (Lipinski definition) is 5. The lowest BCUT2D eigenvalue weighted by Crippen LogP contribution is -2.32. The average Bonchev–Trinajstić information content (AvgIpc) is 3.29. The molecule has 1 amide bonds. The van der Waals surface area contributed by atoms with Crippen LogP contribution in [0.4, 0.5) is 19.0 Å². The third-order valence-electron chi connectivity index (χ3n) is 6.31. The van der Waals surface area contributed by atoms with Crippen molar-refractivity contribution in [1.82, 2.24) is 20.3 Å². The van der Waals surface area contributed by atoms with Crippen molar-refractivity contribution >= 4 is 22.6 Å². The highest BCUT2D eigenvalue weighted by Crippen LogP contribution is 2.32. The van der Waals surface area contributed by atoms with Crippen molar-refractivity contribution in [2.24, 2.45) is 0 Å². The summed E-state index contributed by atoms with van der Waals surface area (Å²) in [6.07, 6.45) is 3.17. The van der Waals surface area contributed by atoms with E-state index in [0.717, 1.165) is 6.07 Å². The lowest BCUT2D eigenvalue weighted by molar-refractivity contribution is -0.121. The number of nitrogens with one attached hydrogen (secondary N) is 2. The fourth-order valence-corrected chi connectivity index (χ4v) is 4.58. The van der Waals surface area contributed by atoms with Gasteiger partial charge in [0.2, 0.25) is 11.8 Å². The quantitative estimate of drug-likeness (QED) is 0.253. The number of carbonyl (C=O) groups is 1. The Kier molecular flexibility index (Phi) is 7.18. The van der Waals surface area contributed by atoms with E-state index in [0.29, 0.717) is 44.7 Å². The summed E-state index contributed by atoms with van der Waals surface area (Å²) in [5, 5.41) is 3.53. The Hall–Kier alpha value is -4.86. The van der Waals surface area contributed by atoms with Crippen molar-refractivity contribution in [3.05, 3.63) is 107 Å². The van der Waals surface area contributed by atoms with Gasteiger partial charge >= 0.3 is 0 Å². The molecule has 0 aliphatic carbocycles. The fraction of sp³-hybridized carbons (Fsp3) is 0.138. The Labute approximate surface area is 221 Å². The van der Waals surface area contributed by atoms with Crippen LogP contribution in [0.1, 0.15) is 22.9 Å². The molecule has 10 heteroatoms. The summed E-state index contributed by atoms with van der Waals surface area (Å²) >= 11 is 0. The SMILES string of the molecule is COc1cc(-c2ccc(N)nc2C(Cc2cc(F)cc(F)c2)NC(=O)Cc2c[nH]c3ccc(F)cc23)ccn1. The van der Waals surface area contributed by atoms with Crippen molar-refractivity contribution < 1.29 is 22.7 Å². The number of ether oxygens (including phenoxy) is 1.